The minimum Gasteiger partial charge on any atom is -0.480 e. The van der Waals surface area contributed by atoms with Gasteiger partial charge in [-0.25, -0.2) is 4.79 Å². The third-order valence-electron chi connectivity index (χ3n) is 3.16. The van der Waals surface area contributed by atoms with Gasteiger partial charge in [-0.2, -0.15) is 0 Å². The number of benzene rings is 1. The van der Waals surface area contributed by atoms with Crippen LogP contribution in [0.3, 0.4) is 0 Å². The van der Waals surface area contributed by atoms with Crippen molar-refractivity contribution in [2.45, 2.75) is 6.42 Å². The smallest absolute Gasteiger partial charge is 0.336 e. The third kappa shape index (κ3) is 1.87. The van der Waals surface area contributed by atoms with Crippen molar-refractivity contribution in [3.05, 3.63) is 41.5 Å². The molecule has 0 aliphatic heterocycles. The van der Waals surface area contributed by atoms with Crippen LogP contribution in [0.5, 0.6) is 0 Å². The third-order valence-corrected chi connectivity index (χ3v) is 3.16. The summed E-state index contributed by atoms with van der Waals surface area (Å²) in [5.74, 6) is -4.50. The molecule has 0 unspecified atom stereocenters. The first-order chi connectivity index (χ1) is 8.88. The Labute approximate surface area is 107 Å². The minimum atomic E-state index is -2.23. The highest BCUT2D eigenvalue weighted by molar-refractivity contribution is 6.19. The zero-order valence-corrected chi connectivity index (χ0v) is 9.66. The van der Waals surface area contributed by atoms with Crippen LogP contribution in [0.1, 0.15) is 11.1 Å². The molecule has 1 aromatic carbocycles. The molecule has 3 N–H and O–H groups in total. The van der Waals surface area contributed by atoms with Crippen molar-refractivity contribution in [2.75, 3.05) is 0 Å². The number of aliphatic carboxylic acids is 3. The lowest BCUT2D eigenvalue weighted by Crippen LogP contribution is -2.42. The highest BCUT2D eigenvalue weighted by atomic mass is 16.4. The van der Waals surface area contributed by atoms with Crippen LogP contribution < -0.4 is 0 Å². The Hall–Kier alpha value is -2.63. The van der Waals surface area contributed by atoms with Crippen molar-refractivity contribution in [2.24, 2.45) is 5.41 Å². The second-order valence-electron chi connectivity index (χ2n) is 4.28. The lowest BCUT2D eigenvalue weighted by molar-refractivity contribution is -0.160. The number of carboxylic acids is 3. The van der Waals surface area contributed by atoms with Gasteiger partial charge < -0.3 is 15.3 Å². The molecule has 6 heteroatoms. The van der Waals surface area contributed by atoms with Gasteiger partial charge in [-0.1, -0.05) is 24.3 Å². The van der Waals surface area contributed by atoms with Crippen LogP contribution >= 0.6 is 0 Å². The van der Waals surface area contributed by atoms with E-state index in [0.717, 1.165) is 6.08 Å². The molecule has 19 heavy (non-hydrogen) atoms. The van der Waals surface area contributed by atoms with Crippen molar-refractivity contribution in [1.82, 2.24) is 0 Å². The number of carbonyl (C=O) groups is 3. The van der Waals surface area contributed by atoms with Gasteiger partial charge in [0.2, 0.25) is 0 Å². The molecule has 1 aromatic rings. The molecule has 0 bridgehead atoms. The first-order valence-corrected chi connectivity index (χ1v) is 5.40. The maximum absolute atomic E-state index is 11.3. The molecule has 0 atom stereocenters. The quantitative estimate of drug-likeness (QED) is 0.697. The van der Waals surface area contributed by atoms with E-state index in [1.165, 1.54) is 12.1 Å². The Kier molecular flexibility index (Phi) is 2.86. The fourth-order valence-electron chi connectivity index (χ4n) is 2.16. The SMILES string of the molecule is O=C(O)C1=CC(C(=O)O)(C(=O)O)Cc2ccccc21. The highest BCUT2D eigenvalue weighted by Gasteiger charge is 2.48. The monoisotopic (exact) mass is 262 g/mol. The van der Waals surface area contributed by atoms with E-state index in [-0.39, 0.29) is 12.0 Å². The standard InChI is InChI=1S/C13H10O6/c14-10(15)9-6-13(11(16)17,12(18)19)5-7-3-1-2-4-8(7)9/h1-4,6H,5H2,(H,14,15)(H,16,17)(H,18,19). The summed E-state index contributed by atoms with van der Waals surface area (Å²) in [5.41, 5.74) is -1.78. The van der Waals surface area contributed by atoms with Crippen LogP contribution in [0.2, 0.25) is 0 Å². The summed E-state index contributed by atoms with van der Waals surface area (Å²) >= 11 is 0. The zero-order chi connectivity index (χ0) is 14.2. The van der Waals surface area contributed by atoms with Crippen molar-refractivity contribution in [3.8, 4) is 0 Å². The van der Waals surface area contributed by atoms with E-state index in [0.29, 0.717) is 11.1 Å². The lowest BCUT2D eigenvalue weighted by atomic mass is 9.73. The average molecular weight is 262 g/mol. The minimum absolute atomic E-state index is 0.273. The van der Waals surface area contributed by atoms with Crippen molar-refractivity contribution < 1.29 is 29.7 Å². The van der Waals surface area contributed by atoms with Crippen molar-refractivity contribution in [3.63, 3.8) is 0 Å². The van der Waals surface area contributed by atoms with Gasteiger partial charge in [0, 0.05) is 6.42 Å². The molecular formula is C13H10O6. The molecule has 2 rings (SSSR count). The predicted molar refractivity (Wildman–Crippen MR) is 63.5 cm³/mol. The zero-order valence-electron chi connectivity index (χ0n) is 9.66. The van der Waals surface area contributed by atoms with Crippen LogP contribution in [0.25, 0.3) is 5.57 Å². The molecule has 0 radical (unpaired) electrons. The van der Waals surface area contributed by atoms with E-state index in [2.05, 4.69) is 0 Å². The normalized spacial score (nSPS) is 16.1. The molecule has 0 spiro atoms. The topological polar surface area (TPSA) is 112 Å². The molecule has 1 aliphatic rings. The van der Waals surface area contributed by atoms with Crippen LogP contribution in [-0.2, 0) is 20.8 Å². The van der Waals surface area contributed by atoms with Crippen LogP contribution in [-0.4, -0.2) is 33.2 Å². The lowest BCUT2D eigenvalue weighted by Gasteiger charge is -2.27. The fraction of sp³-hybridized carbons (Fsp3) is 0.154. The molecular weight excluding hydrogens is 252 g/mol. The highest BCUT2D eigenvalue weighted by Crippen LogP contribution is 2.37. The molecule has 0 fully saturated rings. The van der Waals surface area contributed by atoms with Gasteiger partial charge in [0.05, 0.1) is 5.57 Å². The molecule has 1 aliphatic carbocycles. The van der Waals surface area contributed by atoms with E-state index in [1.807, 2.05) is 0 Å². The molecule has 0 saturated heterocycles. The van der Waals surface area contributed by atoms with E-state index < -0.39 is 23.3 Å². The van der Waals surface area contributed by atoms with E-state index in [4.69, 9.17) is 15.3 Å². The molecule has 0 amide bonds. The summed E-state index contributed by atoms with van der Waals surface area (Å²) < 4.78 is 0. The summed E-state index contributed by atoms with van der Waals surface area (Å²) in [6, 6.07) is 6.29. The second kappa shape index (κ2) is 4.24. The average Bonchev–Trinajstić information content (AvgIpc) is 2.36. The predicted octanol–water partition coefficient (Wildman–Crippen LogP) is 0.866. The number of carboxylic acid groups (broad SMARTS) is 3. The Balaban J connectivity index is 2.72. The van der Waals surface area contributed by atoms with Gasteiger partial charge in [-0.15, -0.1) is 0 Å². The fourth-order valence-corrected chi connectivity index (χ4v) is 2.16. The number of fused-ring (bicyclic) bond motifs is 1. The van der Waals surface area contributed by atoms with Gasteiger partial charge in [-0.3, -0.25) is 9.59 Å². The summed E-state index contributed by atoms with van der Waals surface area (Å²) in [5, 5.41) is 27.5. The first-order valence-electron chi connectivity index (χ1n) is 5.40. The Morgan fingerprint density at radius 2 is 1.58 bits per heavy atom. The van der Waals surface area contributed by atoms with Gasteiger partial charge >= 0.3 is 17.9 Å². The number of hydrogen-bond acceptors (Lipinski definition) is 3. The van der Waals surface area contributed by atoms with Gasteiger partial charge in [0.25, 0.3) is 0 Å². The Morgan fingerprint density at radius 1 is 1.00 bits per heavy atom. The molecule has 0 heterocycles. The summed E-state index contributed by atoms with van der Waals surface area (Å²) in [6.07, 6.45) is 0.535. The van der Waals surface area contributed by atoms with Crippen LogP contribution in [0, 0.1) is 5.41 Å². The number of hydrogen-bond donors (Lipinski definition) is 3. The molecule has 6 nitrogen and oxygen atoms in total. The van der Waals surface area contributed by atoms with Gasteiger partial charge in [0.15, 0.2) is 5.41 Å². The number of rotatable bonds is 3. The van der Waals surface area contributed by atoms with E-state index in [9.17, 15) is 14.4 Å². The summed E-state index contributed by atoms with van der Waals surface area (Å²) in [7, 11) is 0. The first kappa shape index (κ1) is 12.8. The van der Waals surface area contributed by atoms with Gasteiger partial charge in [-0.05, 0) is 17.2 Å². The Morgan fingerprint density at radius 3 is 2.11 bits per heavy atom. The van der Waals surface area contributed by atoms with E-state index in [1.54, 1.807) is 12.1 Å². The summed E-state index contributed by atoms with van der Waals surface area (Å²) in [6.45, 7) is 0. The maximum Gasteiger partial charge on any atom is 0.336 e. The molecule has 98 valence electrons. The maximum atomic E-state index is 11.3. The van der Waals surface area contributed by atoms with Crippen LogP contribution in [0.4, 0.5) is 0 Å². The second-order valence-corrected chi connectivity index (χ2v) is 4.28. The summed E-state index contributed by atoms with van der Waals surface area (Å²) in [4.78, 5) is 33.8. The van der Waals surface area contributed by atoms with Crippen molar-refractivity contribution in [1.29, 1.82) is 0 Å². The van der Waals surface area contributed by atoms with Gasteiger partial charge in [0.1, 0.15) is 0 Å². The van der Waals surface area contributed by atoms with E-state index >= 15 is 0 Å². The Bertz CT molecular complexity index is 599. The largest absolute Gasteiger partial charge is 0.480 e. The van der Waals surface area contributed by atoms with Crippen LogP contribution in [0.15, 0.2) is 30.3 Å². The molecule has 0 saturated carbocycles. The van der Waals surface area contributed by atoms with Crippen molar-refractivity contribution >= 4 is 23.5 Å². The molecule has 0 aromatic heterocycles.